The number of furan rings is 1. The molecule has 1 aromatic rings. The zero-order chi connectivity index (χ0) is 13.8. The Labute approximate surface area is 114 Å². The van der Waals surface area contributed by atoms with Gasteiger partial charge in [0.05, 0.1) is 5.56 Å². The molecule has 0 aromatic carbocycles. The lowest BCUT2D eigenvalue weighted by atomic mass is 10.1. The molecule has 1 aliphatic heterocycles. The van der Waals surface area contributed by atoms with Crippen LogP contribution in [0.4, 0.5) is 0 Å². The number of carbonyl (C=O) groups is 1. The molecular weight excluding hydrogens is 242 g/mol. The molecule has 1 atom stereocenters. The van der Waals surface area contributed by atoms with E-state index in [1.54, 1.807) is 12.3 Å². The van der Waals surface area contributed by atoms with Crippen molar-refractivity contribution < 1.29 is 9.21 Å². The zero-order valence-corrected chi connectivity index (χ0v) is 11.8. The molecule has 0 radical (unpaired) electrons. The van der Waals surface area contributed by atoms with Gasteiger partial charge in [0.15, 0.2) is 0 Å². The van der Waals surface area contributed by atoms with Gasteiger partial charge in [-0.1, -0.05) is 6.92 Å². The van der Waals surface area contributed by atoms with Crippen LogP contribution in [-0.2, 0) is 0 Å². The van der Waals surface area contributed by atoms with E-state index in [9.17, 15) is 4.79 Å². The van der Waals surface area contributed by atoms with Gasteiger partial charge in [0, 0.05) is 32.7 Å². The summed E-state index contributed by atoms with van der Waals surface area (Å²) in [6, 6.07) is 1.80. The van der Waals surface area contributed by atoms with Gasteiger partial charge in [0.2, 0.25) is 0 Å². The number of rotatable bonds is 4. The number of carbonyl (C=O) groups excluding carboxylic acids is 1. The summed E-state index contributed by atoms with van der Waals surface area (Å²) in [5, 5.41) is 0. The van der Waals surface area contributed by atoms with E-state index in [2.05, 4.69) is 11.8 Å². The van der Waals surface area contributed by atoms with Crippen molar-refractivity contribution in [2.24, 2.45) is 11.7 Å². The minimum absolute atomic E-state index is 0.0726. The molecule has 0 spiro atoms. The van der Waals surface area contributed by atoms with Gasteiger partial charge in [-0.2, -0.15) is 0 Å². The van der Waals surface area contributed by atoms with E-state index >= 15 is 0 Å². The summed E-state index contributed by atoms with van der Waals surface area (Å²) in [4.78, 5) is 16.5. The summed E-state index contributed by atoms with van der Waals surface area (Å²) in [5.74, 6) is 1.36. The Kier molecular flexibility index (Phi) is 4.61. The van der Waals surface area contributed by atoms with Gasteiger partial charge in [-0.05, 0) is 25.5 Å². The summed E-state index contributed by atoms with van der Waals surface area (Å²) in [6.07, 6.45) is 1.54. The molecule has 1 fully saturated rings. The van der Waals surface area contributed by atoms with Crippen LogP contribution in [0.1, 0.15) is 23.0 Å². The van der Waals surface area contributed by atoms with Crippen LogP contribution in [0.25, 0.3) is 0 Å². The molecule has 106 valence electrons. The van der Waals surface area contributed by atoms with Crippen molar-refractivity contribution in [1.82, 2.24) is 9.80 Å². The van der Waals surface area contributed by atoms with Crippen LogP contribution < -0.4 is 5.73 Å². The SMILES string of the molecule is Cc1cc(C(=O)N2CCN(CC(C)CN)CC2)co1. The maximum atomic E-state index is 12.2. The number of nitrogens with zero attached hydrogens (tertiary/aromatic N) is 2. The number of amides is 1. The van der Waals surface area contributed by atoms with E-state index in [4.69, 9.17) is 10.2 Å². The minimum atomic E-state index is 0.0726. The van der Waals surface area contributed by atoms with E-state index in [1.165, 1.54) is 0 Å². The number of aryl methyl sites for hydroxylation is 1. The van der Waals surface area contributed by atoms with E-state index in [1.807, 2.05) is 11.8 Å². The summed E-state index contributed by atoms with van der Waals surface area (Å²) < 4.78 is 5.19. The first-order valence-electron chi connectivity index (χ1n) is 6.87. The van der Waals surface area contributed by atoms with Gasteiger partial charge in [0.1, 0.15) is 12.0 Å². The molecule has 1 unspecified atom stereocenters. The summed E-state index contributed by atoms with van der Waals surface area (Å²) in [7, 11) is 0. The quantitative estimate of drug-likeness (QED) is 0.880. The largest absolute Gasteiger partial charge is 0.469 e. The molecule has 2 rings (SSSR count). The smallest absolute Gasteiger partial charge is 0.257 e. The van der Waals surface area contributed by atoms with Crippen molar-refractivity contribution in [3.8, 4) is 0 Å². The molecule has 19 heavy (non-hydrogen) atoms. The third-order valence-corrected chi connectivity index (χ3v) is 3.61. The Morgan fingerprint density at radius 3 is 2.63 bits per heavy atom. The molecule has 2 N–H and O–H groups in total. The van der Waals surface area contributed by atoms with Crippen LogP contribution in [0.2, 0.25) is 0 Å². The van der Waals surface area contributed by atoms with E-state index < -0.39 is 0 Å². The van der Waals surface area contributed by atoms with Crippen molar-refractivity contribution in [3.63, 3.8) is 0 Å². The van der Waals surface area contributed by atoms with E-state index in [0.29, 0.717) is 18.0 Å². The maximum Gasteiger partial charge on any atom is 0.257 e. The maximum absolute atomic E-state index is 12.2. The molecule has 0 bridgehead atoms. The highest BCUT2D eigenvalue weighted by Gasteiger charge is 2.23. The third kappa shape index (κ3) is 3.58. The first kappa shape index (κ1) is 14.1. The van der Waals surface area contributed by atoms with Crippen molar-refractivity contribution in [2.75, 3.05) is 39.3 Å². The molecule has 1 aromatic heterocycles. The van der Waals surface area contributed by atoms with Gasteiger partial charge in [0.25, 0.3) is 5.91 Å². The topological polar surface area (TPSA) is 62.7 Å². The summed E-state index contributed by atoms with van der Waals surface area (Å²) in [6.45, 7) is 9.14. The minimum Gasteiger partial charge on any atom is -0.469 e. The normalized spacial score (nSPS) is 18.6. The Hall–Kier alpha value is -1.33. The molecule has 1 aliphatic rings. The van der Waals surface area contributed by atoms with E-state index in [0.717, 1.165) is 38.5 Å². The Bertz CT molecular complexity index is 422. The predicted molar refractivity (Wildman–Crippen MR) is 74.0 cm³/mol. The first-order valence-corrected chi connectivity index (χ1v) is 6.87. The molecule has 1 amide bonds. The summed E-state index contributed by atoms with van der Waals surface area (Å²) >= 11 is 0. The fourth-order valence-corrected chi connectivity index (χ4v) is 2.39. The first-order chi connectivity index (χ1) is 9.10. The van der Waals surface area contributed by atoms with Crippen LogP contribution in [0.5, 0.6) is 0 Å². The second kappa shape index (κ2) is 6.21. The van der Waals surface area contributed by atoms with Gasteiger partial charge in [-0.15, -0.1) is 0 Å². The monoisotopic (exact) mass is 265 g/mol. The van der Waals surface area contributed by atoms with Crippen LogP contribution in [0, 0.1) is 12.8 Å². The average Bonchev–Trinajstić information content (AvgIpc) is 2.85. The molecule has 5 nitrogen and oxygen atoms in total. The van der Waals surface area contributed by atoms with Gasteiger partial charge >= 0.3 is 0 Å². The molecule has 2 heterocycles. The standard InChI is InChI=1S/C14H23N3O2/c1-11(8-15)9-16-3-5-17(6-4-16)14(18)13-7-12(2)19-10-13/h7,10-11H,3-6,8-9,15H2,1-2H3. The van der Waals surface area contributed by atoms with Crippen LogP contribution in [-0.4, -0.2) is 55.0 Å². The van der Waals surface area contributed by atoms with Gasteiger partial charge < -0.3 is 15.1 Å². The number of hydrogen-bond acceptors (Lipinski definition) is 4. The Morgan fingerprint density at radius 1 is 1.42 bits per heavy atom. The Balaban J connectivity index is 1.84. The predicted octanol–water partition coefficient (Wildman–Crippen LogP) is 0.941. The fraction of sp³-hybridized carbons (Fsp3) is 0.643. The molecule has 0 saturated carbocycles. The number of piperazine rings is 1. The van der Waals surface area contributed by atoms with Gasteiger partial charge in [-0.25, -0.2) is 0 Å². The van der Waals surface area contributed by atoms with Crippen LogP contribution in [0.3, 0.4) is 0 Å². The molecular formula is C14H23N3O2. The third-order valence-electron chi connectivity index (χ3n) is 3.61. The van der Waals surface area contributed by atoms with E-state index in [-0.39, 0.29) is 5.91 Å². The lowest BCUT2D eigenvalue weighted by Gasteiger charge is -2.35. The molecule has 0 aliphatic carbocycles. The average molecular weight is 265 g/mol. The molecule has 5 heteroatoms. The number of nitrogens with two attached hydrogens (primary N) is 1. The van der Waals surface area contributed by atoms with Crippen LogP contribution in [0.15, 0.2) is 16.7 Å². The lowest BCUT2D eigenvalue weighted by Crippen LogP contribution is -2.50. The van der Waals surface area contributed by atoms with Crippen molar-refractivity contribution >= 4 is 5.91 Å². The van der Waals surface area contributed by atoms with Crippen molar-refractivity contribution in [1.29, 1.82) is 0 Å². The fourth-order valence-electron chi connectivity index (χ4n) is 2.39. The van der Waals surface area contributed by atoms with Crippen molar-refractivity contribution in [3.05, 3.63) is 23.7 Å². The number of hydrogen-bond donors (Lipinski definition) is 1. The highest BCUT2D eigenvalue weighted by Crippen LogP contribution is 2.12. The highest BCUT2D eigenvalue weighted by molar-refractivity contribution is 5.94. The lowest BCUT2D eigenvalue weighted by molar-refractivity contribution is 0.0621. The Morgan fingerprint density at radius 2 is 2.11 bits per heavy atom. The van der Waals surface area contributed by atoms with Crippen molar-refractivity contribution in [2.45, 2.75) is 13.8 Å². The zero-order valence-electron chi connectivity index (χ0n) is 11.8. The summed E-state index contributed by atoms with van der Waals surface area (Å²) in [5.41, 5.74) is 6.30. The molecule has 1 saturated heterocycles. The second-order valence-electron chi connectivity index (χ2n) is 5.38. The highest BCUT2D eigenvalue weighted by atomic mass is 16.3. The second-order valence-corrected chi connectivity index (χ2v) is 5.38. The van der Waals surface area contributed by atoms with Gasteiger partial charge in [-0.3, -0.25) is 9.69 Å². The van der Waals surface area contributed by atoms with Crippen LogP contribution >= 0.6 is 0 Å².